The number of nitrogens with zero attached hydrogens (tertiary/aromatic N) is 4. The molecule has 38 heavy (non-hydrogen) atoms. The van der Waals surface area contributed by atoms with Crippen molar-refractivity contribution in [2.24, 2.45) is 0 Å². The van der Waals surface area contributed by atoms with Gasteiger partial charge in [0.15, 0.2) is 0 Å². The van der Waals surface area contributed by atoms with Gasteiger partial charge in [-0.15, -0.1) is 0 Å². The van der Waals surface area contributed by atoms with Gasteiger partial charge in [0.05, 0.1) is 5.56 Å². The maximum Gasteiger partial charge on any atom is 0.416 e. The lowest BCUT2D eigenvalue weighted by molar-refractivity contribution is -0.138. The minimum absolute atomic E-state index is 0.0439. The summed E-state index contributed by atoms with van der Waals surface area (Å²) in [6.45, 7) is 6.30. The lowest BCUT2D eigenvalue weighted by Crippen LogP contribution is -2.45. The van der Waals surface area contributed by atoms with Crippen molar-refractivity contribution < 1.29 is 22.7 Å². The van der Waals surface area contributed by atoms with Crippen LogP contribution in [0.1, 0.15) is 18.1 Å². The van der Waals surface area contributed by atoms with Crippen molar-refractivity contribution >= 4 is 23.2 Å². The van der Waals surface area contributed by atoms with Crippen molar-refractivity contribution in [3.63, 3.8) is 0 Å². The number of nitrogens with one attached hydrogen (secondary N) is 3. The molecule has 3 N–H and O–H groups in total. The van der Waals surface area contributed by atoms with E-state index >= 15 is 0 Å². The highest BCUT2D eigenvalue weighted by molar-refractivity contribution is 5.99. The molecule has 0 saturated carbocycles. The van der Waals surface area contributed by atoms with Crippen molar-refractivity contribution in [2.75, 3.05) is 55.7 Å². The van der Waals surface area contributed by atoms with Crippen molar-refractivity contribution in [3.05, 3.63) is 66.0 Å². The lowest BCUT2D eigenvalue weighted by atomic mass is 10.0. The fourth-order valence-corrected chi connectivity index (χ4v) is 4.14. The minimum Gasteiger partial charge on any atom is -0.439 e. The van der Waals surface area contributed by atoms with Gasteiger partial charge < -0.3 is 25.6 Å². The first-order chi connectivity index (χ1) is 18.2. The molecular formula is C26H30F3N7O2. The number of benzene rings is 2. The average Bonchev–Trinajstić information content (AvgIpc) is 2.89. The summed E-state index contributed by atoms with van der Waals surface area (Å²) in [5.74, 6) is 1.29. The Hall–Kier alpha value is -3.90. The predicted octanol–water partition coefficient (Wildman–Crippen LogP) is 5.11. The molecule has 0 atom stereocenters. The number of amides is 2. The standard InChI is InChI=1S/C26H30F3N7O2/c1-3-35-9-11-36(12-10-35)16-18-7-8-20(14-22(18)26(27,28)29)34-25(37)33-19-5-4-6-21(13-19)38-24-15-23(30-2)31-17-32-24/h4-8,13-15,17H,3,9-12,16H2,1-2H3,(H,30,31,32)(H2,33,34,37). The zero-order valence-corrected chi connectivity index (χ0v) is 21.2. The molecule has 12 heteroatoms. The Morgan fingerprint density at radius 3 is 2.37 bits per heavy atom. The van der Waals surface area contributed by atoms with Crippen LogP contribution in [0.15, 0.2) is 54.9 Å². The highest BCUT2D eigenvalue weighted by Crippen LogP contribution is 2.35. The van der Waals surface area contributed by atoms with Crippen LogP contribution in [0, 0.1) is 0 Å². The monoisotopic (exact) mass is 529 g/mol. The second-order valence-electron chi connectivity index (χ2n) is 8.78. The summed E-state index contributed by atoms with van der Waals surface area (Å²) >= 11 is 0. The van der Waals surface area contributed by atoms with Gasteiger partial charge >= 0.3 is 12.2 Å². The molecule has 1 aliphatic rings. The summed E-state index contributed by atoms with van der Waals surface area (Å²) in [4.78, 5) is 24.9. The number of carbonyl (C=O) groups is 1. The minimum atomic E-state index is -4.55. The summed E-state index contributed by atoms with van der Waals surface area (Å²) in [5, 5.41) is 7.99. The van der Waals surface area contributed by atoms with Gasteiger partial charge in [-0.25, -0.2) is 14.8 Å². The van der Waals surface area contributed by atoms with Gasteiger partial charge in [0.1, 0.15) is 17.9 Å². The molecule has 0 spiro atoms. The number of carbonyl (C=O) groups excluding carboxylic acids is 1. The molecule has 0 unspecified atom stereocenters. The zero-order chi connectivity index (χ0) is 27.1. The molecule has 1 saturated heterocycles. The van der Waals surface area contributed by atoms with Crippen LogP contribution in [0.25, 0.3) is 0 Å². The number of urea groups is 1. The molecule has 1 aromatic heterocycles. The van der Waals surface area contributed by atoms with E-state index in [0.717, 1.165) is 25.7 Å². The number of aromatic nitrogens is 2. The smallest absolute Gasteiger partial charge is 0.416 e. The average molecular weight is 530 g/mol. The van der Waals surface area contributed by atoms with Crippen molar-refractivity contribution in [3.8, 4) is 11.6 Å². The first kappa shape index (κ1) is 27.1. The Balaban J connectivity index is 1.41. The van der Waals surface area contributed by atoms with Crippen LogP contribution in [0.5, 0.6) is 11.6 Å². The highest BCUT2D eigenvalue weighted by Gasteiger charge is 2.34. The Kier molecular flexibility index (Phi) is 8.64. The summed E-state index contributed by atoms with van der Waals surface area (Å²) in [6.07, 6.45) is -3.20. The van der Waals surface area contributed by atoms with Crippen LogP contribution in [-0.4, -0.2) is 65.6 Å². The molecule has 2 amide bonds. The molecule has 9 nitrogen and oxygen atoms in total. The van der Waals surface area contributed by atoms with Crippen LogP contribution in [0.4, 0.5) is 35.2 Å². The van der Waals surface area contributed by atoms with Gasteiger partial charge in [-0.05, 0) is 36.4 Å². The molecule has 0 bridgehead atoms. The van der Waals surface area contributed by atoms with Gasteiger partial charge in [0, 0.05) is 63.3 Å². The second kappa shape index (κ2) is 12.1. The molecular weight excluding hydrogens is 499 g/mol. The van der Waals surface area contributed by atoms with Gasteiger partial charge in [-0.1, -0.05) is 19.1 Å². The van der Waals surface area contributed by atoms with E-state index < -0.39 is 17.8 Å². The fraction of sp³-hybridized carbons (Fsp3) is 0.346. The fourth-order valence-electron chi connectivity index (χ4n) is 4.14. The molecule has 0 radical (unpaired) electrons. The molecule has 202 valence electrons. The maximum atomic E-state index is 13.9. The third-order valence-electron chi connectivity index (χ3n) is 6.19. The molecule has 4 rings (SSSR count). The van der Waals surface area contributed by atoms with E-state index in [1.54, 1.807) is 37.4 Å². The predicted molar refractivity (Wildman–Crippen MR) is 140 cm³/mol. The van der Waals surface area contributed by atoms with E-state index in [0.29, 0.717) is 36.2 Å². The van der Waals surface area contributed by atoms with E-state index in [9.17, 15) is 18.0 Å². The summed E-state index contributed by atoms with van der Waals surface area (Å²) in [6, 6.07) is 11.4. The van der Waals surface area contributed by atoms with Crippen LogP contribution < -0.4 is 20.7 Å². The first-order valence-corrected chi connectivity index (χ1v) is 12.2. The van der Waals surface area contributed by atoms with Crippen molar-refractivity contribution in [1.29, 1.82) is 0 Å². The van der Waals surface area contributed by atoms with Gasteiger partial charge in [0.25, 0.3) is 0 Å². The van der Waals surface area contributed by atoms with E-state index in [2.05, 4.69) is 37.7 Å². The first-order valence-electron chi connectivity index (χ1n) is 12.2. The summed E-state index contributed by atoms with van der Waals surface area (Å²) in [5.41, 5.74) is -0.136. The molecule has 1 fully saturated rings. The molecule has 3 aromatic rings. The van der Waals surface area contributed by atoms with Crippen molar-refractivity contribution in [1.82, 2.24) is 19.8 Å². The van der Waals surface area contributed by atoms with Gasteiger partial charge in [-0.3, -0.25) is 4.90 Å². The van der Waals surface area contributed by atoms with Crippen LogP contribution in [0.2, 0.25) is 0 Å². The third kappa shape index (κ3) is 7.33. The normalized spacial score (nSPS) is 14.7. The molecule has 1 aliphatic heterocycles. The topological polar surface area (TPSA) is 94.7 Å². The molecule has 2 heterocycles. The zero-order valence-electron chi connectivity index (χ0n) is 21.2. The maximum absolute atomic E-state index is 13.9. The van der Waals surface area contributed by atoms with Crippen LogP contribution >= 0.6 is 0 Å². The number of anilines is 3. The number of hydrogen-bond acceptors (Lipinski definition) is 7. The summed E-state index contributed by atoms with van der Waals surface area (Å²) in [7, 11) is 1.72. The number of ether oxygens (including phenoxy) is 1. The van der Waals surface area contributed by atoms with E-state index in [4.69, 9.17) is 4.74 Å². The van der Waals surface area contributed by atoms with Crippen molar-refractivity contribution in [2.45, 2.75) is 19.6 Å². The number of hydrogen-bond donors (Lipinski definition) is 3. The van der Waals surface area contributed by atoms with E-state index in [-0.39, 0.29) is 17.8 Å². The van der Waals surface area contributed by atoms with E-state index in [1.807, 2.05) is 4.90 Å². The second-order valence-corrected chi connectivity index (χ2v) is 8.78. The van der Waals surface area contributed by atoms with Gasteiger partial charge in [0.2, 0.25) is 5.88 Å². The Morgan fingerprint density at radius 2 is 1.68 bits per heavy atom. The Labute approximate surface area is 219 Å². The largest absolute Gasteiger partial charge is 0.439 e. The number of likely N-dealkylation sites (N-methyl/N-ethyl adjacent to an activating group) is 1. The number of piperazine rings is 1. The SMILES string of the molecule is CCN1CCN(Cc2ccc(NC(=O)Nc3cccc(Oc4cc(NC)ncn4)c3)cc2C(F)(F)F)CC1. The Morgan fingerprint density at radius 1 is 0.974 bits per heavy atom. The van der Waals surface area contributed by atoms with Crippen LogP contribution in [-0.2, 0) is 12.7 Å². The lowest BCUT2D eigenvalue weighted by Gasteiger charge is -2.34. The quantitative estimate of drug-likeness (QED) is 0.373. The number of halogens is 3. The molecule has 0 aliphatic carbocycles. The number of rotatable bonds is 8. The Bertz CT molecular complexity index is 1250. The van der Waals surface area contributed by atoms with Gasteiger partial charge in [-0.2, -0.15) is 13.2 Å². The molecule has 2 aromatic carbocycles. The summed E-state index contributed by atoms with van der Waals surface area (Å²) < 4.78 is 47.3. The van der Waals surface area contributed by atoms with Crippen LogP contribution in [0.3, 0.4) is 0 Å². The third-order valence-corrected chi connectivity index (χ3v) is 6.19. The number of alkyl halides is 3. The highest BCUT2D eigenvalue weighted by atomic mass is 19.4. The van der Waals surface area contributed by atoms with E-state index in [1.165, 1.54) is 18.5 Å².